The SMILES string of the molecule is CCC[Si](OC)(OC)OC.CCN.N. The van der Waals surface area contributed by atoms with Gasteiger partial charge < -0.3 is 25.2 Å². The summed E-state index contributed by atoms with van der Waals surface area (Å²) in [5, 5.41) is 0. The van der Waals surface area contributed by atoms with E-state index in [-0.39, 0.29) is 6.15 Å². The van der Waals surface area contributed by atoms with Gasteiger partial charge in [0.2, 0.25) is 0 Å². The van der Waals surface area contributed by atoms with Crippen LogP contribution in [0.25, 0.3) is 0 Å². The first-order valence-electron chi connectivity index (χ1n) is 4.51. The summed E-state index contributed by atoms with van der Waals surface area (Å²) in [4.78, 5) is 0. The van der Waals surface area contributed by atoms with E-state index in [1.54, 1.807) is 21.3 Å². The van der Waals surface area contributed by atoms with Crippen molar-refractivity contribution in [3.05, 3.63) is 0 Å². The maximum absolute atomic E-state index is 5.17. The maximum atomic E-state index is 5.17. The zero-order valence-corrected chi connectivity index (χ0v) is 11.1. The minimum absolute atomic E-state index is 0. The van der Waals surface area contributed by atoms with Crippen molar-refractivity contribution in [3.8, 4) is 0 Å². The highest BCUT2D eigenvalue weighted by molar-refractivity contribution is 6.60. The third-order valence-corrected chi connectivity index (χ3v) is 4.47. The molecule has 0 atom stereocenters. The molecule has 0 aliphatic rings. The summed E-state index contributed by atoms with van der Waals surface area (Å²) in [7, 11) is 2.68. The lowest BCUT2D eigenvalue weighted by atomic mass is 10.6. The van der Waals surface area contributed by atoms with Gasteiger partial charge in [-0.05, 0) is 6.54 Å². The lowest BCUT2D eigenvalue weighted by Crippen LogP contribution is -2.42. The van der Waals surface area contributed by atoms with Gasteiger partial charge in [-0.2, -0.15) is 0 Å². The highest BCUT2D eigenvalue weighted by Crippen LogP contribution is 2.13. The predicted octanol–water partition coefficient (Wildman–Crippen LogP) is 1.40. The average molecular weight is 226 g/mol. The largest absolute Gasteiger partial charge is 0.500 e. The lowest BCUT2D eigenvalue weighted by molar-refractivity contribution is 0.123. The van der Waals surface area contributed by atoms with Crippen LogP contribution in [-0.2, 0) is 13.3 Å². The molecule has 0 aromatic rings. The van der Waals surface area contributed by atoms with Crippen LogP contribution in [0.3, 0.4) is 0 Å². The van der Waals surface area contributed by atoms with E-state index in [0.29, 0.717) is 0 Å². The molecule has 0 aliphatic carbocycles. The summed E-state index contributed by atoms with van der Waals surface area (Å²) >= 11 is 0. The summed E-state index contributed by atoms with van der Waals surface area (Å²) in [6, 6.07) is 0.885. The number of rotatable bonds is 5. The second-order valence-corrected chi connectivity index (χ2v) is 5.54. The van der Waals surface area contributed by atoms with E-state index in [1.807, 2.05) is 6.92 Å². The molecule has 14 heavy (non-hydrogen) atoms. The highest BCUT2D eigenvalue weighted by atomic mass is 28.4. The van der Waals surface area contributed by atoms with Crippen molar-refractivity contribution in [2.45, 2.75) is 26.3 Å². The van der Waals surface area contributed by atoms with Crippen LogP contribution in [0.15, 0.2) is 0 Å². The van der Waals surface area contributed by atoms with Crippen molar-refractivity contribution in [3.63, 3.8) is 0 Å². The molecule has 0 spiro atoms. The van der Waals surface area contributed by atoms with E-state index in [4.69, 9.17) is 19.0 Å². The van der Waals surface area contributed by atoms with E-state index in [0.717, 1.165) is 19.0 Å². The number of nitrogens with two attached hydrogens (primary N) is 1. The van der Waals surface area contributed by atoms with Gasteiger partial charge in [0.15, 0.2) is 0 Å². The smallest absolute Gasteiger partial charge is 0.377 e. The first-order chi connectivity index (χ1) is 6.16. The Morgan fingerprint density at radius 2 is 1.29 bits per heavy atom. The summed E-state index contributed by atoms with van der Waals surface area (Å²) in [5.41, 5.74) is 4.85. The van der Waals surface area contributed by atoms with Crippen LogP contribution in [0.1, 0.15) is 20.3 Å². The first kappa shape index (κ1) is 19.6. The fourth-order valence-corrected chi connectivity index (χ4v) is 2.59. The van der Waals surface area contributed by atoms with Gasteiger partial charge >= 0.3 is 8.80 Å². The topological polar surface area (TPSA) is 88.7 Å². The van der Waals surface area contributed by atoms with Crippen molar-refractivity contribution in [2.24, 2.45) is 5.73 Å². The molecular weight excluding hydrogens is 200 g/mol. The Kier molecular flexibility index (Phi) is 18.2. The highest BCUT2D eigenvalue weighted by Gasteiger charge is 2.36. The van der Waals surface area contributed by atoms with E-state index >= 15 is 0 Å². The van der Waals surface area contributed by atoms with Crippen molar-refractivity contribution in [2.75, 3.05) is 27.9 Å². The summed E-state index contributed by atoms with van der Waals surface area (Å²) in [6.07, 6.45) is 1.03. The average Bonchev–Trinajstić information content (AvgIpc) is 2.16. The molecule has 0 heterocycles. The molecule has 0 amide bonds. The van der Waals surface area contributed by atoms with Crippen molar-refractivity contribution < 1.29 is 13.3 Å². The lowest BCUT2D eigenvalue weighted by Gasteiger charge is -2.23. The quantitative estimate of drug-likeness (QED) is 0.692. The number of hydrogen-bond donors (Lipinski definition) is 2. The Bertz CT molecular complexity index is 94.3. The molecule has 0 aromatic carbocycles. The third-order valence-electron chi connectivity index (χ3n) is 1.49. The van der Waals surface area contributed by atoms with Crippen molar-refractivity contribution in [1.82, 2.24) is 6.15 Å². The summed E-state index contributed by atoms with van der Waals surface area (Å²) in [5.74, 6) is 0. The van der Waals surface area contributed by atoms with Gasteiger partial charge in [-0.3, -0.25) is 0 Å². The fourth-order valence-electron chi connectivity index (χ4n) is 0.862. The Morgan fingerprint density at radius 1 is 1.00 bits per heavy atom. The number of hydrogen-bond acceptors (Lipinski definition) is 5. The molecule has 0 saturated heterocycles. The van der Waals surface area contributed by atoms with Crippen LogP contribution < -0.4 is 11.9 Å². The van der Waals surface area contributed by atoms with Crippen LogP contribution in [0.5, 0.6) is 0 Å². The Hall–Kier alpha value is 0.0169. The molecule has 0 aromatic heterocycles. The minimum Gasteiger partial charge on any atom is -0.377 e. The second-order valence-electron chi connectivity index (χ2n) is 2.45. The molecule has 0 aliphatic heterocycles. The van der Waals surface area contributed by atoms with Crippen LogP contribution in [-0.4, -0.2) is 36.7 Å². The Labute approximate surface area is 88.9 Å². The van der Waals surface area contributed by atoms with Gasteiger partial charge in [0, 0.05) is 27.4 Å². The van der Waals surface area contributed by atoms with E-state index in [1.165, 1.54) is 0 Å². The van der Waals surface area contributed by atoms with Crippen LogP contribution in [0.2, 0.25) is 6.04 Å². The van der Waals surface area contributed by atoms with Gasteiger partial charge in [-0.1, -0.05) is 20.3 Å². The molecule has 0 rings (SSSR count). The van der Waals surface area contributed by atoms with Crippen LogP contribution >= 0.6 is 0 Å². The fraction of sp³-hybridized carbons (Fsp3) is 1.00. The zero-order chi connectivity index (χ0) is 10.7. The Morgan fingerprint density at radius 3 is 1.36 bits per heavy atom. The molecular formula is C8H26N2O3Si. The molecule has 0 radical (unpaired) electrons. The monoisotopic (exact) mass is 226 g/mol. The zero-order valence-electron chi connectivity index (χ0n) is 10.1. The van der Waals surface area contributed by atoms with Gasteiger partial charge in [0.1, 0.15) is 0 Å². The molecule has 90 valence electrons. The summed E-state index contributed by atoms with van der Waals surface area (Å²) in [6.45, 7) is 4.73. The van der Waals surface area contributed by atoms with Crippen LogP contribution in [0.4, 0.5) is 0 Å². The van der Waals surface area contributed by atoms with Gasteiger partial charge in [0.05, 0.1) is 0 Å². The van der Waals surface area contributed by atoms with Crippen molar-refractivity contribution in [1.29, 1.82) is 0 Å². The molecule has 5 N–H and O–H groups in total. The molecule has 0 unspecified atom stereocenters. The van der Waals surface area contributed by atoms with E-state index in [9.17, 15) is 0 Å². The van der Waals surface area contributed by atoms with E-state index < -0.39 is 8.80 Å². The molecule has 5 nitrogen and oxygen atoms in total. The normalized spacial score (nSPS) is 9.86. The molecule has 0 bridgehead atoms. The molecule has 0 saturated carbocycles. The van der Waals surface area contributed by atoms with Gasteiger partial charge in [-0.15, -0.1) is 0 Å². The van der Waals surface area contributed by atoms with Crippen LogP contribution in [0, 0.1) is 0 Å². The molecule has 0 fully saturated rings. The van der Waals surface area contributed by atoms with Gasteiger partial charge in [0.25, 0.3) is 0 Å². The predicted molar refractivity (Wildman–Crippen MR) is 61.6 cm³/mol. The Balaban J connectivity index is -0.000000267. The first-order valence-corrected chi connectivity index (χ1v) is 6.44. The summed E-state index contributed by atoms with van der Waals surface area (Å²) < 4.78 is 15.5. The van der Waals surface area contributed by atoms with Gasteiger partial charge in [-0.25, -0.2) is 0 Å². The standard InChI is InChI=1S/C6H16O3Si.C2H7N.H3N/c1-5-6-10(7-2,8-3)9-4;1-2-3;/h5-6H2,1-4H3;2-3H2,1H3;1H3. The third kappa shape index (κ3) is 8.61. The van der Waals surface area contributed by atoms with Crippen molar-refractivity contribution >= 4 is 8.80 Å². The molecule has 6 heteroatoms. The minimum atomic E-state index is -2.22. The second kappa shape index (κ2) is 13.0. The van der Waals surface area contributed by atoms with E-state index in [2.05, 4.69) is 6.92 Å². The maximum Gasteiger partial charge on any atom is 0.500 e.